The molecule has 2 heterocycles. The van der Waals surface area contributed by atoms with E-state index in [1.165, 1.54) is 0 Å². The summed E-state index contributed by atoms with van der Waals surface area (Å²) in [6, 6.07) is 3.87. The quantitative estimate of drug-likeness (QED) is 0.781. The van der Waals surface area contributed by atoms with Gasteiger partial charge in [0, 0.05) is 24.1 Å². The first-order valence-corrected chi connectivity index (χ1v) is 6.52. The van der Waals surface area contributed by atoms with E-state index in [9.17, 15) is 0 Å². The Kier molecular flexibility index (Phi) is 3.69. The molecule has 1 aromatic heterocycles. The van der Waals surface area contributed by atoms with Crippen molar-refractivity contribution in [3.8, 4) is 5.75 Å². The molecule has 1 saturated heterocycles. The molecule has 2 rings (SSSR count). The van der Waals surface area contributed by atoms with Crippen molar-refractivity contribution in [1.82, 2.24) is 4.98 Å². The van der Waals surface area contributed by atoms with Crippen LogP contribution in [0.15, 0.2) is 18.3 Å². The molecule has 0 radical (unpaired) electrons. The number of halogens is 1. The molecule has 0 amide bonds. The van der Waals surface area contributed by atoms with Crippen LogP contribution in [-0.2, 0) is 0 Å². The SMILES string of the molecule is COc1cccnc1N1CCC(Br)C(C)C1. The molecule has 1 aliphatic rings. The van der Waals surface area contributed by atoms with Gasteiger partial charge in [0.05, 0.1) is 7.11 Å². The van der Waals surface area contributed by atoms with Gasteiger partial charge in [0.15, 0.2) is 11.6 Å². The maximum absolute atomic E-state index is 5.34. The van der Waals surface area contributed by atoms with Gasteiger partial charge in [-0.2, -0.15) is 0 Å². The second-order valence-corrected chi connectivity index (χ2v) is 5.43. The van der Waals surface area contributed by atoms with Gasteiger partial charge in [0.25, 0.3) is 0 Å². The Hall–Kier alpha value is -0.770. The number of alkyl halides is 1. The smallest absolute Gasteiger partial charge is 0.171 e. The van der Waals surface area contributed by atoms with E-state index in [0.717, 1.165) is 31.1 Å². The fourth-order valence-corrected chi connectivity index (χ4v) is 2.46. The first-order chi connectivity index (χ1) is 7.72. The average molecular weight is 285 g/mol. The molecule has 0 saturated carbocycles. The summed E-state index contributed by atoms with van der Waals surface area (Å²) in [5.74, 6) is 2.47. The first-order valence-electron chi connectivity index (χ1n) is 5.60. The molecule has 1 aliphatic heterocycles. The zero-order valence-electron chi connectivity index (χ0n) is 9.69. The molecular weight excluding hydrogens is 268 g/mol. The van der Waals surface area contributed by atoms with Crippen molar-refractivity contribution in [2.24, 2.45) is 5.92 Å². The van der Waals surface area contributed by atoms with Crippen molar-refractivity contribution in [2.75, 3.05) is 25.1 Å². The average Bonchev–Trinajstić information content (AvgIpc) is 2.32. The molecule has 88 valence electrons. The van der Waals surface area contributed by atoms with Crippen LogP contribution in [0.3, 0.4) is 0 Å². The van der Waals surface area contributed by atoms with E-state index in [0.29, 0.717) is 10.7 Å². The third-order valence-corrected chi connectivity index (χ3v) is 4.43. The number of ether oxygens (including phenoxy) is 1. The largest absolute Gasteiger partial charge is 0.493 e. The summed E-state index contributed by atoms with van der Waals surface area (Å²) < 4.78 is 5.34. The summed E-state index contributed by atoms with van der Waals surface area (Å²) in [6.07, 6.45) is 2.98. The Labute approximate surface area is 105 Å². The van der Waals surface area contributed by atoms with Gasteiger partial charge >= 0.3 is 0 Å². The number of nitrogens with zero attached hydrogens (tertiary/aromatic N) is 2. The van der Waals surface area contributed by atoms with Crippen LogP contribution >= 0.6 is 15.9 Å². The van der Waals surface area contributed by atoms with Crippen molar-refractivity contribution in [2.45, 2.75) is 18.2 Å². The van der Waals surface area contributed by atoms with Crippen LogP contribution in [0.4, 0.5) is 5.82 Å². The summed E-state index contributed by atoms with van der Waals surface area (Å²) in [7, 11) is 1.70. The molecule has 0 spiro atoms. The van der Waals surface area contributed by atoms with Crippen molar-refractivity contribution < 1.29 is 4.74 Å². The van der Waals surface area contributed by atoms with Crippen LogP contribution in [0.2, 0.25) is 0 Å². The minimum Gasteiger partial charge on any atom is -0.493 e. The lowest BCUT2D eigenvalue weighted by molar-refractivity contribution is 0.405. The van der Waals surface area contributed by atoms with E-state index in [4.69, 9.17) is 4.74 Å². The molecule has 2 unspecified atom stereocenters. The molecule has 0 aromatic carbocycles. The minimum absolute atomic E-state index is 0.624. The van der Waals surface area contributed by atoms with Gasteiger partial charge in [0.1, 0.15) is 0 Å². The van der Waals surface area contributed by atoms with Gasteiger partial charge < -0.3 is 9.64 Å². The van der Waals surface area contributed by atoms with E-state index >= 15 is 0 Å². The summed E-state index contributed by atoms with van der Waals surface area (Å²) in [4.78, 5) is 7.35. The number of piperidine rings is 1. The molecule has 4 heteroatoms. The van der Waals surface area contributed by atoms with E-state index in [2.05, 4.69) is 32.7 Å². The normalized spacial score (nSPS) is 25.6. The zero-order chi connectivity index (χ0) is 11.5. The van der Waals surface area contributed by atoms with Crippen molar-refractivity contribution in [3.05, 3.63) is 18.3 Å². The molecule has 2 atom stereocenters. The second kappa shape index (κ2) is 5.04. The van der Waals surface area contributed by atoms with Gasteiger partial charge in [-0.1, -0.05) is 22.9 Å². The summed E-state index contributed by atoms with van der Waals surface area (Å²) in [6.45, 7) is 4.33. The van der Waals surface area contributed by atoms with Gasteiger partial charge in [-0.05, 0) is 24.5 Å². The first kappa shape index (κ1) is 11.7. The fourth-order valence-electron chi connectivity index (χ4n) is 2.09. The topological polar surface area (TPSA) is 25.4 Å². The van der Waals surface area contributed by atoms with E-state index < -0.39 is 0 Å². The van der Waals surface area contributed by atoms with E-state index in [-0.39, 0.29) is 0 Å². The van der Waals surface area contributed by atoms with Crippen LogP contribution < -0.4 is 9.64 Å². The number of hydrogen-bond acceptors (Lipinski definition) is 3. The predicted octanol–water partition coefficient (Wildman–Crippen LogP) is 2.70. The van der Waals surface area contributed by atoms with Gasteiger partial charge in [0.2, 0.25) is 0 Å². The number of anilines is 1. The van der Waals surface area contributed by atoms with Crippen LogP contribution in [0.1, 0.15) is 13.3 Å². The lowest BCUT2D eigenvalue weighted by Crippen LogP contribution is -2.40. The third-order valence-electron chi connectivity index (χ3n) is 3.07. The summed E-state index contributed by atoms with van der Waals surface area (Å²) in [5.41, 5.74) is 0. The highest BCUT2D eigenvalue weighted by molar-refractivity contribution is 9.09. The van der Waals surface area contributed by atoms with E-state index in [1.807, 2.05) is 18.3 Å². The highest BCUT2D eigenvalue weighted by Crippen LogP contribution is 2.31. The van der Waals surface area contributed by atoms with Gasteiger partial charge in [-0.3, -0.25) is 0 Å². The predicted molar refractivity (Wildman–Crippen MR) is 69.5 cm³/mol. The minimum atomic E-state index is 0.624. The number of rotatable bonds is 2. The number of pyridine rings is 1. The van der Waals surface area contributed by atoms with Crippen LogP contribution in [0, 0.1) is 5.92 Å². The van der Waals surface area contributed by atoms with Crippen molar-refractivity contribution in [1.29, 1.82) is 0 Å². The van der Waals surface area contributed by atoms with Crippen molar-refractivity contribution >= 4 is 21.7 Å². The molecule has 0 aliphatic carbocycles. The van der Waals surface area contributed by atoms with Gasteiger partial charge in [-0.25, -0.2) is 4.98 Å². The maximum Gasteiger partial charge on any atom is 0.171 e. The lowest BCUT2D eigenvalue weighted by Gasteiger charge is -2.35. The van der Waals surface area contributed by atoms with Gasteiger partial charge in [-0.15, -0.1) is 0 Å². The molecule has 1 fully saturated rings. The highest BCUT2D eigenvalue weighted by atomic mass is 79.9. The van der Waals surface area contributed by atoms with Crippen LogP contribution in [0.5, 0.6) is 5.75 Å². The number of methoxy groups -OCH3 is 1. The molecule has 1 aromatic rings. The maximum atomic E-state index is 5.34. The highest BCUT2D eigenvalue weighted by Gasteiger charge is 2.26. The fraction of sp³-hybridized carbons (Fsp3) is 0.583. The summed E-state index contributed by atoms with van der Waals surface area (Å²) in [5, 5.41) is 0. The Morgan fingerprint density at radius 1 is 1.56 bits per heavy atom. The molecule has 0 N–H and O–H groups in total. The number of aromatic nitrogens is 1. The Bertz CT molecular complexity index is 359. The Balaban J connectivity index is 2.18. The molecule has 3 nitrogen and oxygen atoms in total. The van der Waals surface area contributed by atoms with Crippen LogP contribution in [0.25, 0.3) is 0 Å². The number of hydrogen-bond donors (Lipinski definition) is 0. The third kappa shape index (κ3) is 2.32. The van der Waals surface area contributed by atoms with Crippen LogP contribution in [-0.4, -0.2) is 30.0 Å². The monoisotopic (exact) mass is 284 g/mol. The zero-order valence-corrected chi connectivity index (χ0v) is 11.3. The Morgan fingerprint density at radius 2 is 2.38 bits per heavy atom. The standard InChI is InChI=1S/C12H17BrN2O/c1-9-8-15(7-5-10(9)13)12-11(16-2)4-3-6-14-12/h3-4,6,9-10H,5,7-8H2,1-2H3. The molecule has 0 bridgehead atoms. The summed E-state index contributed by atoms with van der Waals surface area (Å²) >= 11 is 3.71. The van der Waals surface area contributed by atoms with E-state index in [1.54, 1.807) is 7.11 Å². The molecular formula is C12H17BrN2O. The van der Waals surface area contributed by atoms with Crippen molar-refractivity contribution in [3.63, 3.8) is 0 Å². The molecule has 16 heavy (non-hydrogen) atoms. The lowest BCUT2D eigenvalue weighted by atomic mass is 10.00. The second-order valence-electron chi connectivity index (χ2n) is 4.26. The Morgan fingerprint density at radius 3 is 3.06 bits per heavy atom.